The zero-order valence-corrected chi connectivity index (χ0v) is 13.3. The Morgan fingerprint density at radius 3 is 2.86 bits per heavy atom. The van der Waals surface area contributed by atoms with Crippen LogP contribution in [0.2, 0.25) is 0 Å². The second-order valence-corrected chi connectivity index (χ2v) is 7.18. The number of aryl methyl sites for hydroxylation is 1. The van der Waals surface area contributed by atoms with Crippen LogP contribution in [0.25, 0.3) is 11.1 Å². The Kier molecular flexibility index (Phi) is 3.18. The largest absolute Gasteiger partial charge is 0.379 e. The Bertz CT molecular complexity index is 744. The van der Waals surface area contributed by atoms with Crippen LogP contribution in [-0.4, -0.2) is 20.9 Å². The summed E-state index contributed by atoms with van der Waals surface area (Å²) in [6, 6.07) is 6.64. The number of hydrogen-bond acceptors (Lipinski definition) is 5. The topological polar surface area (TPSA) is 64.2 Å². The maximum absolute atomic E-state index is 6.03. The molecule has 5 heteroatoms. The van der Waals surface area contributed by atoms with E-state index in [2.05, 4.69) is 35.1 Å². The minimum atomic E-state index is -0.200. The summed E-state index contributed by atoms with van der Waals surface area (Å²) in [4.78, 5) is 13.1. The highest BCUT2D eigenvalue weighted by atomic mass is 32.2. The van der Waals surface area contributed by atoms with Crippen LogP contribution in [-0.2, 0) is 12.0 Å². The van der Waals surface area contributed by atoms with Crippen molar-refractivity contribution < 1.29 is 0 Å². The molecule has 2 aliphatic rings. The van der Waals surface area contributed by atoms with Gasteiger partial charge in [0.25, 0.3) is 0 Å². The molecule has 0 bridgehead atoms. The van der Waals surface area contributed by atoms with Gasteiger partial charge in [0.1, 0.15) is 6.33 Å². The highest BCUT2D eigenvalue weighted by Gasteiger charge is 2.42. The van der Waals surface area contributed by atoms with Crippen LogP contribution in [0.4, 0.5) is 0 Å². The van der Waals surface area contributed by atoms with Gasteiger partial charge in [0, 0.05) is 23.7 Å². The Labute approximate surface area is 134 Å². The Morgan fingerprint density at radius 2 is 2.05 bits per heavy atom. The summed E-state index contributed by atoms with van der Waals surface area (Å²) in [5.41, 5.74) is 10.7. The predicted octanol–water partition coefficient (Wildman–Crippen LogP) is 2.98. The van der Waals surface area contributed by atoms with Crippen LogP contribution < -0.4 is 5.73 Å². The molecule has 22 heavy (non-hydrogen) atoms. The van der Waals surface area contributed by atoms with E-state index in [4.69, 9.17) is 10.7 Å². The fourth-order valence-electron chi connectivity index (χ4n) is 3.57. The Morgan fingerprint density at radius 1 is 1.23 bits per heavy atom. The number of aromatic nitrogens is 2. The molecule has 4 nitrogen and oxygen atoms in total. The third kappa shape index (κ3) is 2.11. The van der Waals surface area contributed by atoms with E-state index in [1.807, 2.05) is 12.4 Å². The SMILES string of the molecule is CC12N=C(N)SCC1CCc1ccc(-c3cncnc3)cc12. The lowest BCUT2D eigenvalue weighted by Crippen LogP contribution is -2.41. The molecule has 2 heterocycles. The van der Waals surface area contributed by atoms with Crippen LogP contribution in [0.3, 0.4) is 0 Å². The second-order valence-electron chi connectivity index (χ2n) is 6.14. The summed E-state index contributed by atoms with van der Waals surface area (Å²) in [7, 11) is 0. The van der Waals surface area contributed by atoms with Crippen molar-refractivity contribution in [2.45, 2.75) is 25.3 Å². The Hall–Kier alpha value is -1.88. The zero-order chi connectivity index (χ0) is 15.2. The van der Waals surface area contributed by atoms with E-state index in [-0.39, 0.29) is 5.54 Å². The number of rotatable bonds is 1. The van der Waals surface area contributed by atoms with Gasteiger partial charge in [-0.2, -0.15) is 0 Å². The molecule has 0 amide bonds. The fraction of sp³-hybridized carbons (Fsp3) is 0.353. The van der Waals surface area contributed by atoms with Gasteiger partial charge in [-0.3, -0.25) is 4.99 Å². The van der Waals surface area contributed by atoms with Crippen LogP contribution in [0.1, 0.15) is 24.5 Å². The fourth-order valence-corrected chi connectivity index (χ4v) is 4.69. The molecule has 2 atom stereocenters. The lowest BCUT2D eigenvalue weighted by atomic mass is 9.70. The lowest BCUT2D eigenvalue weighted by Gasteiger charge is -2.42. The van der Waals surface area contributed by atoms with E-state index in [0.717, 1.165) is 23.3 Å². The minimum absolute atomic E-state index is 0.200. The molecule has 1 aromatic carbocycles. The van der Waals surface area contributed by atoms with Crippen LogP contribution in [0, 0.1) is 5.92 Å². The standard InChI is InChI=1S/C17H18N4S/c1-17-14(9-22-16(18)21-17)5-4-11-2-3-12(6-15(11)17)13-7-19-10-20-8-13/h2-3,6-8,10,14H,4-5,9H2,1H3,(H2,18,21). The van der Waals surface area contributed by atoms with E-state index in [9.17, 15) is 0 Å². The van der Waals surface area contributed by atoms with Gasteiger partial charge in [-0.1, -0.05) is 23.9 Å². The molecule has 4 rings (SSSR count). The van der Waals surface area contributed by atoms with Crippen molar-refractivity contribution in [1.29, 1.82) is 0 Å². The van der Waals surface area contributed by atoms with Crippen LogP contribution in [0.5, 0.6) is 0 Å². The third-order valence-corrected chi connectivity index (χ3v) is 5.84. The first-order valence-corrected chi connectivity index (χ1v) is 8.52. The van der Waals surface area contributed by atoms with Gasteiger partial charge < -0.3 is 5.73 Å². The average Bonchev–Trinajstić information content (AvgIpc) is 2.55. The highest BCUT2D eigenvalue weighted by molar-refractivity contribution is 8.13. The molecule has 0 saturated carbocycles. The van der Waals surface area contributed by atoms with Gasteiger partial charge in [0.15, 0.2) is 5.17 Å². The van der Waals surface area contributed by atoms with Gasteiger partial charge >= 0.3 is 0 Å². The molecule has 2 unspecified atom stereocenters. The van der Waals surface area contributed by atoms with Gasteiger partial charge in [0.05, 0.1) is 5.54 Å². The smallest absolute Gasteiger partial charge is 0.154 e. The van der Waals surface area contributed by atoms with Gasteiger partial charge in [0.2, 0.25) is 0 Å². The molecule has 1 aliphatic heterocycles. The maximum atomic E-state index is 6.03. The van der Waals surface area contributed by atoms with E-state index >= 15 is 0 Å². The molecule has 1 aromatic heterocycles. The molecule has 0 fully saturated rings. The molecule has 1 aliphatic carbocycles. The normalized spacial score (nSPS) is 26.8. The van der Waals surface area contributed by atoms with Gasteiger partial charge in [-0.05, 0) is 48.4 Å². The summed E-state index contributed by atoms with van der Waals surface area (Å²) in [5, 5.41) is 0.708. The van der Waals surface area contributed by atoms with Crippen LogP contribution >= 0.6 is 11.8 Å². The number of benzene rings is 1. The maximum Gasteiger partial charge on any atom is 0.154 e. The third-order valence-electron chi connectivity index (χ3n) is 4.88. The first kappa shape index (κ1) is 13.8. The van der Waals surface area contributed by atoms with E-state index in [0.29, 0.717) is 11.1 Å². The predicted molar refractivity (Wildman–Crippen MR) is 90.7 cm³/mol. The van der Waals surface area contributed by atoms with Crippen molar-refractivity contribution in [2.75, 3.05) is 5.75 Å². The number of amidine groups is 1. The second kappa shape index (κ2) is 5.09. The highest BCUT2D eigenvalue weighted by Crippen LogP contribution is 2.47. The summed E-state index contributed by atoms with van der Waals surface area (Å²) in [6.45, 7) is 2.23. The number of hydrogen-bond donors (Lipinski definition) is 1. The van der Waals surface area contributed by atoms with Crippen molar-refractivity contribution in [3.63, 3.8) is 0 Å². The minimum Gasteiger partial charge on any atom is -0.379 e. The van der Waals surface area contributed by atoms with E-state index in [1.165, 1.54) is 17.5 Å². The molecule has 2 N–H and O–H groups in total. The number of aliphatic imine (C=N–C) groups is 1. The Balaban J connectivity index is 1.87. The summed E-state index contributed by atoms with van der Waals surface area (Å²) < 4.78 is 0. The molecule has 2 aromatic rings. The summed E-state index contributed by atoms with van der Waals surface area (Å²) >= 11 is 1.69. The molecular weight excluding hydrogens is 292 g/mol. The molecule has 0 saturated heterocycles. The van der Waals surface area contributed by atoms with Crippen molar-refractivity contribution in [1.82, 2.24) is 9.97 Å². The molecule has 112 valence electrons. The van der Waals surface area contributed by atoms with Gasteiger partial charge in [-0.15, -0.1) is 0 Å². The first-order chi connectivity index (χ1) is 10.7. The summed E-state index contributed by atoms with van der Waals surface area (Å²) in [5.74, 6) is 1.61. The molecular formula is C17H18N4S. The molecule has 0 radical (unpaired) electrons. The van der Waals surface area contributed by atoms with Crippen molar-refractivity contribution in [2.24, 2.45) is 16.6 Å². The van der Waals surface area contributed by atoms with Gasteiger partial charge in [-0.25, -0.2) is 9.97 Å². The van der Waals surface area contributed by atoms with Crippen LogP contribution in [0.15, 0.2) is 41.9 Å². The van der Waals surface area contributed by atoms with E-state index in [1.54, 1.807) is 18.1 Å². The number of nitrogens with two attached hydrogens (primary N) is 1. The number of fused-ring (bicyclic) bond motifs is 3. The molecule has 0 spiro atoms. The van der Waals surface area contributed by atoms with Crippen molar-refractivity contribution in [3.05, 3.63) is 48.0 Å². The lowest BCUT2D eigenvalue weighted by molar-refractivity contribution is 0.292. The summed E-state index contributed by atoms with van der Waals surface area (Å²) in [6.07, 6.45) is 7.57. The average molecular weight is 310 g/mol. The zero-order valence-electron chi connectivity index (χ0n) is 12.5. The van der Waals surface area contributed by atoms with E-state index < -0.39 is 0 Å². The van der Waals surface area contributed by atoms with Crippen molar-refractivity contribution in [3.8, 4) is 11.1 Å². The quantitative estimate of drug-likeness (QED) is 0.879. The monoisotopic (exact) mass is 310 g/mol. The first-order valence-electron chi connectivity index (χ1n) is 7.54. The van der Waals surface area contributed by atoms with Crippen molar-refractivity contribution >= 4 is 16.9 Å². The number of nitrogens with zero attached hydrogens (tertiary/aromatic N) is 3. The number of thioether (sulfide) groups is 1.